The lowest BCUT2D eigenvalue weighted by atomic mass is 10.1. The molecule has 14 heavy (non-hydrogen) atoms. The summed E-state index contributed by atoms with van der Waals surface area (Å²) in [6.07, 6.45) is 2.87. The summed E-state index contributed by atoms with van der Waals surface area (Å²) in [4.78, 5) is 4.16. The lowest BCUT2D eigenvalue weighted by Crippen LogP contribution is -1.96. The normalized spacial score (nSPS) is 11.1. The van der Waals surface area contributed by atoms with Gasteiger partial charge in [0.2, 0.25) is 0 Å². The zero-order valence-electron chi connectivity index (χ0n) is 7.38. The summed E-state index contributed by atoms with van der Waals surface area (Å²) in [5.41, 5.74) is 7.73. The predicted octanol–water partition coefficient (Wildman–Crippen LogP) is 1.63. The highest BCUT2D eigenvalue weighted by Crippen LogP contribution is 2.19. The van der Waals surface area contributed by atoms with Crippen molar-refractivity contribution in [1.82, 2.24) is 4.98 Å². The van der Waals surface area contributed by atoms with Crippen LogP contribution in [0.15, 0.2) is 35.6 Å². The van der Waals surface area contributed by atoms with Gasteiger partial charge in [0.05, 0.1) is 23.6 Å². The van der Waals surface area contributed by atoms with Gasteiger partial charge in [0, 0.05) is 10.9 Å². The first-order valence-electron chi connectivity index (χ1n) is 4.13. The molecule has 1 aromatic heterocycles. The molecule has 0 amide bonds. The average Bonchev–Trinajstić information content (AvgIpc) is 2.23. The molecule has 3 N–H and O–H groups in total. The van der Waals surface area contributed by atoms with Crippen molar-refractivity contribution >= 4 is 22.8 Å². The van der Waals surface area contributed by atoms with Gasteiger partial charge in [0.25, 0.3) is 0 Å². The van der Waals surface area contributed by atoms with Crippen LogP contribution in [-0.4, -0.2) is 16.4 Å². The molecular formula is C10H9N3O. The van der Waals surface area contributed by atoms with E-state index in [0.717, 1.165) is 10.9 Å². The van der Waals surface area contributed by atoms with Gasteiger partial charge in [-0.15, -0.1) is 0 Å². The molecule has 70 valence electrons. The maximum atomic E-state index is 8.50. The van der Waals surface area contributed by atoms with Crippen LogP contribution in [0.4, 0.5) is 5.69 Å². The molecule has 0 spiro atoms. The summed E-state index contributed by atoms with van der Waals surface area (Å²) in [7, 11) is 0. The molecule has 0 saturated carbocycles. The fourth-order valence-corrected chi connectivity index (χ4v) is 1.38. The molecule has 0 bridgehead atoms. The van der Waals surface area contributed by atoms with Crippen molar-refractivity contribution in [3.8, 4) is 0 Å². The molecule has 0 aliphatic heterocycles. The van der Waals surface area contributed by atoms with Gasteiger partial charge >= 0.3 is 0 Å². The second-order valence-electron chi connectivity index (χ2n) is 2.89. The molecule has 0 radical (unpaired) electrons. The van der Waals surface area contributed by atoms with Crippen molar-refractivity contribution in [2.24, 2.45) is 5.16 Å². The lowest BCUT2D eigenvalue weighted by Gasteiger charge is -2.03. The van der Waals surface area contributed by atoms with E-state index in [1.165, 1.54) is 6.21 Å². The Kier molecular flexibility index (Phi) is 2.02. The third kappa shape index (κ3) is 1.26. The number of nitrogens with zero attached hydrogens (tertiary/aromatic N) is 2. The van der Waals surface area contributed by atoms with E-state index in [-0.39, 0.29) is 0 Å². The van der Waals surface area contributed by atoms with Crippen LogP contribution in [-0.2, 0) is 0 Å². The van der Waals surface area contributed by atoms with Gasteiger partial charge in [-0.3, -0.25) is 4.98 Å². The number of hydrogen-bond acceptors (Lipinski definition) is 4. The highest BCUT2D eigenvalue weighted by molar-refractivity contribution is 6.02. The number of para-hydroxylation sites is 1. The summed E-state index contributed by atoms with van der Waals surface area (Å²) in [6.45, 7) is 0. The average molecular weight is 187 g/mol. The van der Waals surface area contributed by atoms with Crippen LogP contribution >= 0.6 is 0 Å². The molecule has 1 heterocycles. The van der Waals surface area contributed by atoms with Gasteiger partial charge in [0.15, 0.2) is 0 Å². The Morgan fingerprint density at radius 2 is 2.14 bits per heavy atom. The minimum Gasteiger partial charge on any atom is -0.411 e. The molecule has 0 aliphatic rings. The van der Waals surface area contributed by atoms with Crippen molar-refractivity contribution in [3.05, 3.63) is 36.0 Å². The van der Waals surface area contributed by atoms with Crippen LogP contribution in [0.2, 0.25) is 0 Å². The van der Waals surface area contributed by atoms with Gasteiger partial charge in [0.1, 0.15) is 0 Å². The number of oxime groups is 1. The number of nitrogens with two attached hydrogens (primary N) is 1. The van der Waals surface area contributed by atoms with Crippen LogP contribution in [0.1, 0.15) is 5.56 Å². The number of rotatable bonds is 1. The molecule has 0 aliphatic carbocycles. The Balaban J connectivity index is 2.82. The lowest BCUT2D eigenvalue weighted by molar-refractivity contribution is 0.322. The molecule has 0 unspecified atom stereocenters. The quantitative estimate of drug-likeness (QED) is 0.405. The SMILES string of the molecule is Nc1cnc2ccccc2c1C=NO. The third-order valence-electron chi connectivity index (χ3n) is 2.03. The van der Waals surface area contributed by atoms with Crippen LogP contribution in [0.25, 0.3) is 10.9 Å². The Labute approximate surface area is 80.7 Å². The number of nitrogen functional groups attached to an aromatic ring is 1. The summed E-state index contributed by atoms with van der Waals surface area (Å²) < 4.78 is 0. The number of hydrogen-bond donors (Lipinski definition) is 2. The van der Waals surface area contributed by atoms with Gasteiger partial charge in [-0.2, -0.15) is 0 Å². The molecular weight excluding hydrogens is 178 g/mol. The fourth-order valence-electron chi connectivity index (χ4n) is 1.38. The molecule has 2 rings (SSSR count). The van der Waals surface area contributed by atoms with Crippen LogP contribution in [0.3, 0.4) is 0 Å². The molecule has 0 saturated heterocycles. The molecule has 1 aromatic carbocycles. The van der Waals surface area contributed by atoms with E-state index in [4.69, 9.17) is 10.9 Å². The van der Waals surface area contributed by atoms with Gasteiger partial charge in [-0.1, -0.05) is 23.4 Å². The Morgan fingerprint density at radius 3 is 2.93 bits per heavy atom. The Morgan fingerprint density at radius 1 is 1.36 bits per heavy atom. The first kappa shape index (κ1) is 8.50. The highest BCUT2D eigenvalue weighted by Gasteiger charge is 2.03. The molecule has 0 fully saturated rings. The standard InChI is InChI=1S/C10H9N3O/c11-9-6-12-10-4-2-1-3-7(10)8(9)5-13-14/h1-6,14H,11H2. The first-order valence-corrected chi connectivity index (χ1v) is 4.13. The van der Waals surface area contributed by atoms with Gasteiger partial charge in [-0.25, -0.2) is 0 Å². The number of benzene rings is 1. The minimum atomic E-state index is 0.501. The van der Waals surface area contributed by atoms with Crippen LogP contribution < -0.4 is 5.73 Å². The largest absolute Gasteiger partial charge is 0.411 e. The van der Waals surface area contributed by atoms with Crippen molar-refractivity contribution in [2.45, 2.75) is 0 Å². The number of aromatic nitrogens is 1. The zero-order valence-corrected chi connectivity index (χ0v) is 7.38. The van der Waals surface area contributed by atoms with Gasteiger partial charge in [-0.05, 0) is 6.07 Å². The Bertz CT molecular complexity index is 494. The van der Waals surface area contributed by atoms with Gasteiger partial charge < -0.3 is 10.9 Å². The van der Waals surface area contributed by atoms with E-state index >= 15 is 0 Å². The van der Waals surface area contributed by atoms with Crippen molar-refractivity contribution in [1.29, 1.82) is 0 Å². The predicted molar refractivity (Wildman–Crippen MR) is 55.5 cm³/mol. The molecule has 4 nitrogen and oxygen atoms in total. The number of anilines is 1. The monoisotopic (exact) mass is 187 g/mol. The summed E-state index contributed by atoms with van der Waals surface area (Å²) in [5, 5.41) is 12.4. The van der Waals surface area contributed by atoms with Crippen molar-refractivity contribution < 1.29 is 5.21 Å². The first-order chi connectivity index (χ1) is 6.83. The van der Waals surface area contributed by atoms with E-state index in [1.54, 1.807) is 6.20 Å². The smallest absolute Gasteiger partial charge is 0.0761 e. The minimum absolute atomic E-state index is 0.501. The van der Waals surface area contributed by atoms with Crippen molar-refractivity contribution in [2.75, 3.05) is 5.73 Å². The maximum Gasteiger partial charge on any atom is 0.0761 e. The van der Waals surface area contributed by atoms with E-state index < -0.39 is 0 Å². The third-order valence-corrected chi connectivity index (χ3v) is 2.03. The highest BCUT2D eigenvalue weighted by atomic mass is 16.4. The Hall–Kier alpha value is -2.10. The van der Waals surface area contributed by atoms with Crippen LogP contribution in [0, 0.1) is 0 Å². The number of pyridine rings is 1. The summed E-state index contributed by atoms with van der Waals surface area (Å²) >= 11 is 0. The fraction of sp³-hybridized carbons (Fsp3) is 0. The molecule has 0 atom stereocenters. The second-order valence-corrected chi connectivity index (χ2v) is 2.89. The second kappa shape index (κ2) is 3.33. The molecule has 2 aromatic rings. The molecule has 4 heteroatoms. The van der Waals surface area contributed by atoms with E-state index in [2.05, 4.69) is 10.1 Å². The van der Waals surface area contributed by atoms with Crippen LogP contribution in [0.5, 0.6) is 0 Å². The maximum absolute atomic E-state index is 8.50. The van der Waals surface area contributed by atoms with E-state index in [0.29, 0.717) is 11.3 Å². The summed E-state index contributed by atoms with van der Waals surface area (Å²) in [5.74, 6) is 0. The van der Waals surface area contributed by atoms with E-state index in [9.17, 15) is 0 Å². The van der Waals surface area contributed by atoms with Crippen molar-refractivity contribution in [3.63, 3.8) is 0 Å². The summed E-state index contributed by atoms with van der Waals surface area (Å²) in [6, 6.07) is 7.54. The van der Waals surface area contributed by atoms with E-state index in [1.807, 2.05) is 24.3 Å². The number of fused-ring (bicyclic) bond motifs is 1. The topological polar surface area (TPSA) is 71.5 Å². The zero-order chi connectivity index (χ0) is 9.97.